The third kappa shape index (κ3) is 5.42. The Morgan fingerprint density at radius 3 is 1.00 bits per heavy atom. The molecule has 146 valence electrons. The molecule has 0 radical (unpaired) electrons. The van der Waals surface area contributed by atoms with Gasteiger partial charge < -0.3 is 5.11 Å². The minimum atomic E-state index is -0.971. The van der Waals surface area contributed by atoms with Gasteiger partial charge in [0.25, 0.3) is 0 Å². The molecule has 0 rings (SSSR count). The molecule has 0 aliphatic carbocycles. The second-order valence-electron chi connectivity index (χ2n) is 4.62. The van der Waals surface area contributed by atoms with Gasteiger partial charge in [0.05, 0.1) is 6.61 Å². The highest BCUT2D eigenvalue weighted by Crippen LogP contribution is 2.75. The Morgan fingerprint density at radius 2 is 0.750 bits per heavy atom. The summed E-state index contributed by atoms with van der Waals surface area (Å²) in [4.78, 5) is 0. The Balaban J connectivity index is 6.42. The molecule has 24 heavy (non-hydrogen) atoms. The smallest absolute Gasteiger partial charge is 0.135 e. The lowest BCUT2D eigenvalue weighted by molar-refractivity contribution is 0.282. The number of alkyl halides is 14. The van der Waals surface area contributed by atoms with E-state index >= 15 is 0 Å². The van der Waals surface area contributed by atoms with Gasteiger partial charge in [-0.05, 0) is 6.92 Å². The molecule has 0 unspecified atom stereocenters. The van der Waals surface area contributed by atoms with E-state index < -0.39 is 22.6 Å². The first kappa shape index (κ1) is 30.7. The summed E-state index contributed by atoms with van der Waals surface area (Å²) < 4.78 is -6.08. The Bertz CT molecular complexity index is 461. The number of halogens is 14. The normalized spacial score (nSPS) is 16.5. The van der Waals surface area contributed by atoms with Crippen LogP contribution in [0.2, 0.25) is 0 Å². The zero-order valence-electron chi connectivity index (χ0n) is 10.9. The first-order valence-corrected chi connectivity index (χ1v) is 16.4. The molecule has 0 aromatic heterocycles. The van der Waals surface area contributed by atoms with Crippen molar-refractivity contribution in [1.29, 1.82) is 0 Å². The van der Waals surface area contributed by atoms with Crippen molar-refractivity contribution in [3.05, 3.63) is 0 Å². The van der Waals surface area contributed by atoms with Gasteiger partial charge in [-0.15, -0.1) is 0 Å². The Kier molecular flexibility index (Phi) is 12.6. The van der Waals surface area contributed by atoms with Gasteiger partial charge >= 0.3 is 0 Å². The van der Waals surface area contributed by atoms with Crippen LogP contribution in [0.15, 0.2) is 0 Å². The SMILES string of the molecule is CC(Br)(Br)C(Br)(Br)C(Br)(Br)C(Br)(Br)C(Br)(Br)C(Br)(Br)C(Br)(Br)CO. The molecule has 0 aromatic rings. The summed E-state index contributed by atoms with van der Waals surface area (Å²) in [7, 11) is 0. The number of hydrogen-bond acceptors (Lipinski definition) is 1. The van der Waals surface area contributed by atoms with Crippen molar-refractivity contribution >= 4 is 223 Å². The van der Waals surface area contributed by atoms with Gasteiger partial charge in [0.2, 0.25) is 0 Å². The molecule has 0 amide bonds. The second-order valence-corrected chi connectivity index (χ2v) is 29.8. The number of aliphatic hydroxyl groups excluding tert-OH is 1. The molecule has 1 N–H and O–H groups in total. The maximum Gasteiger partial charge on any atom is 0.135 e. The van der Waals surface area contributed by atoms with E-state index in [1.54, 1.807) is 0 Å². The second kappa shape index (κ2) is 9.89. The lowest BCUT2D eigenvalue weighted by Crippen LogP contribution is -2.66. The Hall–Kier alpha value is 6.68. The third-order valence-electron chi connectivity index (χ3n) is 2.79. The Labute approximate surface area is 259 Å². The average molecular weight is 1250 g/mol. The molecule has 0 aliphatic heterocycles. The lowest BCUT2D eigenvalue weighted by atomic mass is 10.1. The van der Waals surface area contributed by atoms with E-state index in [0.717, 1.165) is 0 Å². The van der Waals surface area contributed by atoms with Crippen LogP contribution in [0.5, 0.6) is 0 Å². The molecule has 0 saturated heterocycles. The fourth-order valence-corrected chi connectivity index (χ4v) is 13.0. The highest BCUT2D eigenvalue weighted by molar-refractivity contribution is 9.36. The van der Waals surface area contributed by atoms with Gasteiger partial charge in [0, 0.05) is 0 Å². The van der Waals surface area contributed by atoms with Crippen LogP contribution in [-0.4, -0.2) is 34.3 Å². The fraction of sp³-hybridized carbons (Fsp3) is 1.00. The van der Waals surface area contributed by atoms with E-state index in [9.17, 15) is 5.11 Å². The molecule has 0 atom stereocenters. The molecule has 0 heterocycles. The van der Waals surface area contributed by atoms with Crippen LogP contribution >= 0.6 is 223 Å². The maximum absolute atomic E-state index is 9.77. The number of rotatable bonds is 7. The van der Waals surface area contributed by atoms with Crippen molar-refractivity contribution in [3.63, 3.8) is 0 Å². The monoisotopic (exact) mass is 1230 g/mol. The van der Waals surface area contributed by atoms with E-state index in [0.29, 0.717) is 0 Å². The van der Waals surface area contributed by atoms with Crippen molar-refractivity contribution in [2.24, 2.45) is 0 Å². The number of hydrogen-bond donors (Lipinski definition) is 1. The quantitative estimate of drug-likeness (QED) is 0.252. The predicted molar refractivity (Wildman–Crippen MR) is 157 cm³/mol. The molecule has 0 aromatic carbocycles. The van der Waals surface area contributed by atoms with Crippen LogP contribution in [0, 0.1) is 0 Å². The van der Waals surface area contributed by atoms with Crippen LogP contribution in [0.4, 0.5) is 0 Å². The van der Waals surface area contributed by atoms with E-state index in [1.807, 2.05) is 6.92 Å². The molecular weight excluding hydrogens is 1240 g/mol. The van der Waals surface area contributed by atoms with E-state index in [2.05, 4.69) is 223 Å². The van der Waals surface area contributed by atoms with E-state index in [4.69, 9.17) is 0 Å². The average Bonchev–Trinajstić information content (AvgIpc) is 2.36. The third-order valence-corrected chi connectivity index (χ3v) is 30.9. The van der Waals surface area contributed by atoms with E-state index in [1.165, 1.54) is 0 Å². The minimum Gasteiger partial charge on any atom is -0.394 e. The summed E-state index contributed by atoms with van der Waals surface area (Å²) in [6.07, 6.45) is 0. The summed E-state index contributed by atoms with van der Waals surface area (Å²) >= 11 is 51.4. The molecule has 15 heteroatoms. The van der Waals surface area contributed by atoms with Gasteiger partial charge in [-0.25, -0.2) is 0 Å². The van der Waals surface area contributed by atoms with Crippen LogP contribution in [-0.2, 0) is 0 Å². The summed E-state index contributed by atoms with van der Waals surface area (Å²) in [5, 5.41) is 9.77. The van der Waals surface area contributed by atoms with Crippen molar-refractivity contribution < 1.29 is 5.11 Å². The summed E-state index contributed by atoms with van der Waals surface area (Å²) in [5.41, 5.74) is 0. The van der Waals surface area contributed by atoms with Crippen molar-refractivity contribution in [2.45, 2.75) is 29.6 Å². The first-order chi connectivity index (χ1) is 10.1. The lowest BCUT2D eigenvalue weighted by Gasteiger charge is -2.56. The van der Waals surface area contributed by atoms with Gasteiger partial charge in [0.1, 0.15) is 22.6 Å². The summed E-state index contributed by atoms with van der Waals surface area (Å²) in [6, 6.07) is 0. The predicted octanol–water partition coefficient (Wildman–Crippen LogP) is 10.4. The number of aliphatic hydroxyl groups is 1. The van der Waals surface area contributed by atoms with Crippen LogP contribution in [0.1, 0.15) is 6.92 Å². The molecule has 0 saturated carbocycles. The molecule has 0 fully saturated rings. The zero-order valence-corrected chi connectivity index (χ0v) is 33.1. The molecule has 0 bridgehead atoms. The van der Waals surface area contributed by atoms with Gasteiger partial charge in [-0.3, -0.25) is 0 Å². The highest BCUT2D eigenvalue weighted by atomic mass is 79.9. The summed E-state index contributed by atoms with van der Waals surface area (Å²) in [6.45, 7) is 1.70. The van der Waals surface area contributed by atoms with Crippen molar-refractivity contribution in [1.82, 2.24) is 0 Å². The molecule has 1 nitrogen and oxygen atoms in total. The molecule has 0 spiro atoms. The largest absolute Gasteiger partial charge is 0.394 e. The van der Waals surface area contributed by atoms with Crippen LogP contribution in [0.25, 0.3) is 0 Å². The standard InChI is InChI=1S/C9H6Br14O/c1-3(10,11)5(14,15)7(18,19)9(22,23)8(20,21)6(16,17)4(12,13)2-24/h24H,2H2,1H3. The van der Waals surface area contributed by atoms with Crippen LogP contribution in [0.3, 0.4) is 0 Å². The molecule has 0 aliphatic rings. The van der Waals surface area contributed by atoms with Gasteiger partial charge in [-0.2, -0.15) is 0 Å². The van der Waals surface area contributed by atoms with Crippen molar-refractivity contribution in [2.75, 3.05) is 6.61 Å². The highest BCUT2D eigenvalue weighted by Gasteiger charge is 2.75. The summed E-state index contributed by atoms with van der Waals surface area (Å²) in [5.74, 6) is 0. The zero-order chi connectivity index (χ0) is 20.2. The first-order valence-electron chi connectivity index (χ1n) is 5.32. The van der Waals surface area contributed by atoms with E-state index in [-0.39, 0.29) is 6.61 Å². The topological polar surface area (TPSA) is 20.2 Å². The minimum absolute atomic E-state index is 0.224. The van der Waals surface area contributed by atoms with Crippen molar-refractivity contribution in [3.8, 4) is 0 Å². The Morgan fingerprint density at radius 1 is 0.500 bits per heavy atom. The van der Waals surface area contributed by atoms with Gasteiger partial charge in [-0.1, -0.05) is 223 Å². The maximum atomic E-state index is 9.77. The fourth-order valence-electron chi connectivity index (χ4n) is 1.20. The molecular formula is C9H6Br14O. The van der Waals surface area contributed by atoms with Crippen LogP contribution < -0.4 is 0 Å². The van der Waals surface area contributed by atoms with Gasteiger partial charge in [0.15, 0.2) is 0 Å².